The molecule has 0 aliphatic carbocycles. The monoisotopic (exact) mass is 348 g/mol. The number of nitrogens with one attached hydrogen (secondary N) is 3. The molecule has 0 bridgehead atoms. The summed E-state index contributed by atoms with van der Waals surface area (Å²) in [6.07, 6.45) is -0.493. The van der Waals surface area contributed by atoms with Gasteiger partial charge >= 0.3 is 11.9 Å². The molecule has 3 amide bonds. The third-order valence-electron chi connectivity index (χ3n) is 2.68. The molecule has 24 heavy (non-hydrogen) atoms. The first kappa shape index (κ1) is 21.3. The molecule has 136 valence electrons. The quantitative estimate of drug-likeness (QED) is 0.193. The highest BCUT2D eigenvalue weighted by atomic mass is 16.4. The normalized spacial score (nSPS) is 12.6. The van der Waals surface area contributed by atoms with Crippen molar-refractivity contribution in [2.45, 2.75) is 24.9 Å². The predicted octanol–water partition coefficient (Wildman–Crippen LogP) is -4.03. The van der Waals surface area contributed by atoms with Crippen molar-refractivity contribution in [2.75, 3.05) is 19.7 Å². The number of hydrogen-bond donors (Lipinski definition) is 7. The second-order valence-corrected chi connectivity index (χ2v) is 4.67. The summed E-state index contributed by atoms with van der Waals surface area (Å²) in [6, 6.07) is -2.57. The van der Waals surface area contributed by atoms with Crippen LogP contribution in [0.25, 0.3) is 0 Å². The first-order chi connectivity index (χ1) is 11.2. The average molecular weight is 348 g/mol. The van der Waals surface area contributed by atoms with Crippen molar-refractivity contribution in [3.8, 4) is 0 Å². The molecule has 0 fully saturated rings. The molecule has 0 aliphatic rings. The van der Waals surface area contributed by atoms with Gasteiger partial charge in [-0.1, -0.05) is 0 Å². The van der Waals surface area contributed by atoms with Crippen molar-refractivity contribution in [3.63, 3.8) is 0 Å². The van der Waals surface area contributed by atoms with Gasteiger partial charge in [-0.05, 0) is 6.42 Å². The molecule has 0 radical (unpaired) electrons. The van der Waals surface area contributed by atoms with Gasteiger partial charge in [-0.2, -0.15) is 0 Å². The summed E-state index contributed by atoms with van der Waals surface area (Å²) in [5.74, 6) is -4.89. The third-order valence-corrected chi connectivity index (χ3v) is 2.68. The molecule has 2 unspecified atom stereocenters. The Balaban J connectivity index is 4.33. The maximum absolute atomic E-state index is 11.7. The molecule has 0 saturated heterocycles. The maximum atomic E-state index is 11.7. The van der Waals surface area contributed by atoms with Gasteiger partial charge in [0.25, 0.3) is 0 Å². The van der Waals surface area contributed by atoms with Gasteiger partial charge in [-0.15, -0.1) is 0 Å². The number of aliphatic hydroxyl groups excluding tert-OH is 1. The summed E-state index contributed by atoms with van der Waals surface area (Å²) in [6.45, 7) is -1.95. The Morgan fingerprint density at radius 3 is 2.04 bits per heavy atom. The van der Waals surface area contributed by atoms with Gasteiger partial charge in [0.05, 0.1) is 19.2 Å². The van der Waals surface area contributed by atoms with E-state index in [2.05, 4.69) is 10.6 Å². The van der Waals surface area contributed by atoms with Crippen LogP contribution in [0.15, 0.2) is 0 Å². The lowest BCUT2D eigenvalue weighted by molar-refractivity contribution is -0.138. The standard InChI is InChI=1S/C12H20N4O8/c13-6(1-2-9(19)20)11(23)16-7(5-17)12(24)15-3-8(18)14-4-10(21)22/h6-7,17H,1-5,13H2,(H,14,18)(H,15,24)(H,16,23)(H,19,20)(H,21,22). The van der Waals surface area contributed by atoms with E-state index in [0.29, 0.717) is 0 Å². The van der Waals surface area contributed by atoms with Crippen LogP contribution in [0.3, 0.4) is 0 Å². The second-order valence-electron chi connectivity index (χ2n) is 4.67. The number of carboxylic acids is 2. The van der Waals surface area contributed by atoms with Crippen LogP contribution in [0.2, 0.25) is 0 Å². The highest BCUT2D eigenvalue weighted by molar-refractivity contribution is 5.92. The van der Waals surface area contributed by atoms with Crippen LogP contribution in [0, 0.1) is 0 Å². The number of carboxylic acid groups (broad SMARTS) is 2. The van der Waals surface area contributed by atoms with E-state index >= 15 is 0 Å². The predicted molar refractivity (Wildman–Crippen MR) is 77.5 cm³/mol. The van der Waals surface area contributed by atoms with E-state index in [4.69, 9.17) is 21.1 Å². The fourth-order valence-electron chi connectivity index (χ4n) is 1.41. The molecule has 2 atom stereocenters. The van der Waals surface area contributed by atoms with Gasteiger partial charge in [0.15, 0.2) is 0 Å². The number of carbonyl (C=O) groups excluding carboxylic acids is 3. The lowest BCUT2D eigenvalue weighted by Crippen LogP contribution is -2.54. The highest BCUT2D eigenvalue weighted by Crippen LogP contribution is 1.96. The van der Waals surface area contributed by atoms with Crippen molar-refractivity contribution in [1.82, 2.24) is 16.0 Å². The summed E-state index contributed by atoms with van der Waals surface area (Å²) in [7, 11) is 0. The molecule has 0 rings (SSSR count). The minimum atomic E-state index is -1.39. The van der Waals surface area contributed by atoms with E-state index in [9.17, 15) is 24.0 Å². The maximum Gasteiger partial charge on any atom is 0.322 e. The molecule has 8 N–H and O–H groups in total. The Hall–Kier alpha value is -2.73. The Kier molecular flexibility index (Phi) is 9.67. The number of amides is 3. The van der Waals surface area contributed by atoms with E-state index in [1.54, 1.807) is 0 Å². The van der Waals surface area contributed by atoms with Crippen LogP contribution < -0.4 is 21.7 Å². The van der Waals surface area contributed by atoms with Crippen molar-refractivity contribution >= 4 is 29.7 Å². The largest absolute Gasteiger partial charge is 0.481 e. The van der Waals surface area contributed by atoms with Gasteiger partial charge in [-0.25, -0.2) is 0 Å². The molecular formula is C12H20N4O8. The number of nitrogens with two attached hydrogens (primary N) is 1. The van der Waals surface area contributed by atoms with Gasteiger partial charge in [0.2, 0.25) is 17.7 Å². The summed E-state index contributed by atoms with van der Waals surface area (Å²) in [5.41, 5.74) is 5.45. The molecule has 0 aromatic heterocycles. The second kappa shape index (κ2) is 10.9. The zero-order chi connectivity index (χ0) is 18.7. The van der Waals surface area contributed by atoms with Crippen molar-refractivity contribution in [3.05, 3.63) is 0 Å². The summed E-state index contributed by atoms with van der Waals surface area (Å²) in [4.78, 5) is 55.3. The first-order valence-electron chi connectivity index (χ1n) is 6.82. The smallest absolute Gasteiger partial charge is 0.322 e. The van der Waals surface area contributed by atoms with E-state index in [-0.39, 0.29) is 12.8 Å². The molecule has 0 spiro atoms. The Morgan fingerprint density at radius 2 is 1.54 bits per heavy atom. The van der Waals surface area contributed by atoms with Crippen molar-refractivity contribution < 1.29 is 39.3 Å². The van der Waals surface area contributed by atoms with Crippen LogP contribution in [0.5, 0.6) is 0 Å². The van der Waals surface area contributed by atoms with Gasteiger partial charge in [0.1, 0.15) is 12.6 Å². The summed E-state index contributed by atoms with van der Waals surface area (Å²) < 4.78 is 0. The summed E-state index contributed by atoms with van der Waals surface area (Å²) in [5, 5.41) is 32.2. The minimum absolute atomic E-state index is 0.154. The average Bonchev–Trinajstić information content (AvgIpc) is 2.52. The molecule has 0 aromatic carbocycles. The van der Waals surface area contributed by atoms with Gasteiger partial charge < -0.3 is 37.0 Å². The molecule has 0 heterocycles. The molecule has 0 aromatic rings. The molecular weight excluding hydrogens is 328 g/mol. The molecule has 0 saturated carbocycles. The van der Waals surface area contributed by atoms with E-state index in [1.807, 2.05) is 5.32 Å². The van der Waals surface area contributed by atoms with Gasteiger partial charge in [-0.3, -0.25) is 24.0 Å². The lowest BCUT2D eigenvalue weighted by Gasteiger charge is -2.18. The summed E-state index contributed by atoms with van der Waals surface area (Å²) >= 11 is 0. The Bertz CT molecular complexity index is 495. The number of aliphatic hydroxyl groups is 1. The Morgan fingerprint density at radius 1 is 0.917 bits per heavy atom. The SMILES string of the molecule is NC(CCC(=O)O)C(=O)NC(CO)C(=O)NCC(=O)NCC(=O)O. The topological polar surface area (TPSA) is 208 Å². The van der Waals surface area contributed by atoms with Gasteiger partial charge in [0, 0.05) is 6.42 Å². The number of carbonyl (C=O) groups is 5. The van der Waals surface area contributed by atoms with Crippen LogP contribution in [-0.2, 0) is 24.0 Å². The Labute approximate surface area is 136 Å². The molecule has 0 aliphatic heterocycles. The van der Waals surface area contributed by atoms with Crippen LogP contribution in [0.1, 0.15) is 12.8 Å². The van der Waals surface area contributed by atoms with E-state index in [0.717, 1.165) is 0 Å². The fourth-order valence-corrected chi connectivity index (χ4v) is 1.41. The minimum Gasteiger partial charge on any atom is -0.481 e. The van der Waals surface area contributed by atoms with Crippen LogP contribution in [-0.4, -0.2) is 76.8 Å². The fraction of sp³-hybridized carbons (Fsp3) is 0.583. The van der Waals surface area contributed by atoms with Crippen molar-refractivity contribution in [2.24, 2.45) is 5.73 Å². The third kappa shape index (κ3) is 9.32. The molecule has 12 nitrogen and oxygen atoms in total. The van der Waals surface area contributed by atoms with E-state index < -0.39 is 61.4 Å². The number of aliphatic carboxylic acids is 2. The van der Waals surface area contributed by atoms with Crippen molar-refractivity contribution in [1.29, 1.82) is 0 Å². The highest BCUT2D eigenvalue weighted by Gasteiger charge is 2.23. The zero-order valence-electron chi connectivity index (χ0n) is 12.7. The van der Waals surface area contributed by atoms with E-state index in [1.165, 1.54) is 0 Å². The molecule has 12 heteroatoms. The van der Waals surface area contributed by atoms with Crippen LogP contribution in [0.4, 0.5) is 0 Å². The number of rotatable bonds is 11. The zero-order valence-corrected chi connectivity index (χ0v) is 12.7. The number of hydrogen-bond acceptors (Lipinski definition) is 7. The first-order valence-corrected chi connectivity index (χ1v) is 6.82. The lowest BCUT2D eigenvalue weighted by atomic mass is 10.1. The van der Waals surface area contributed by atoms with Crippen LogP contribution >= 0.6 is 0 Å².